The lowest BCUT2D eigenvalue weighted by Crippen LogP contribution is -2.42. The van der Waals surface area contributed by atoms with Crippen molar-refractivity contribution < 1.29 is 9.47 Å². The minimum Gasteiger partial charge on any atom is -0.491 e. The van der Waals surface area contributed by atoms with E-state index in [0.717, 1.165) is 36.6 Å². The number of hydrogen-bond donors (Lipinski definition) is 2. The molecule has 6 nitrogen and oxygen atoms in total. The molecule has 1 aromatic carbocycles. The Hall–Kier alpha value is -1.92. The zero-order valence-electron chi connectivity index (χ0n) is 15.7. The molecule has 1 aliphatic heterocycles. The van der Waals surface area contributed by atoms with Crippen LogP contribution in [-0.4, -0.2) is 65.0 Å². The minimum absolute atomic E-state index is 0.00178. The van der Waals surface area contributed by atoms with Gasteiger partial charge in [0, 0.05) is 50.3 Å². The van der Waals surface area contributed by atoms with E-state index in [2.05, 4.69) is 21.3 Å². The van der Waals surface area contributed by atoms with Gasteiger partial charge in [0.25, 0.3) is 0 Å². The van der Waals surface area contributed by atoms with Crippen molar-refractivity contribution in [1.82, 2.24) is 5.32 Å². The number of methoxy groups -OCH3 is 1. The topological polar surface area (TPSA) is 69.9 Å². The maximum atomic E-state index is 8.58. The minimum atomic E-state index is -0.00178. The molecule has 0 spiro atoms. The number of likely N-dealkylation sites (N-methyl/N-ethyl adjacent to an activating group) is 1. The van der Waals surface area contributed by atoms with E-state index in [-0.39, 0.29) is 12.0 Å². The molecule has 0 fully saturated rings. The van der Waals surface area contributed by atoms with Crippen molar-refractivity contribution in [3.05, 3.63) is 23.8 Å². The molecule has 0 aliphatic carbocycles. The second-order valence-corrected chi connectivity index (χ2v) is 6.46. The van der Waals surface area contributed by atoms with Crippen LogP contribution in [0.5, 0.6) is 5.75 Å². The van der Waals surface area contributed by atoms with Crippen molar-refractivity contribution in [2.24, 2.45) is 10.9 Å². The molecule has 1 atom stereocenters. The van der Waals surface area contributed by atoms with Crippen molar-refractivity contribution in [1.29, 1.82) is 5.41 Å². The normalized spacial score (nSPS) is 17.4. The molecule has 1 heterocycles. The van der Waals surface area contributed by atoms with Gasteiger partial charge in [-0.2, -0.15) is 0 Å². The van der Waals surface area contributed by atoms with Gasteiger partial charge in [0.05, 0.1) is 30.9 Å². The van der Waals surface area contributed by atoms with Crippen molar-refractivity contribution in [2.75, 3.05) is 51.8 Å². The number of rotatable bonds is 9. The van der Waals surface area contributed by atoms with Crippen LogP contribution in [-0.2, 0) is 4.74 Å². The van der Waals surface area contributed by atoms with Gasteiger partial charge in [0.2, 0.25) is 0 Å². The highest BCUT2D eigenvalue weighted by Gasteiger charge is 2.28. The molecule has 1 unspecified atom stereocenters. The largest absolute Gasteiger partial charge is 0.491 e. The number of hydrogen-bond acceptors (Lipinski definition) is 6. The van der Waals surface area contributed by atoms with Crippen LogP contribution in [0.3, 0.4) is 0 Å². The van der Waals surface area contributed by atoms with Crippen LogP contribution >= 0.6 is 0 Å². The highest BCUT2D eigenvalue weighted by molar-refractivity contribution is 6.13. The zero-order valence-corrected chi connectivity index (χ0v) is 15.7. The molecular weight excluding hydrogens is 316 g/mol. The van der Waals surface area contributed by atoms with Gasteiger partial charge in [0.15, 0.2) is 0 Å². The van der Waals surface area contributed by atoms with Gasteiger partial charge in [-0.3, -0.25) is 4.99 Å². The van der Waals surface area contributed by atoms with Gasteiger partial charge in [-0.05, 0) is 33.0 Å². The molecular formula is C19H30N4O2. The molecule has 2 rings (SSSR count). The van der Waals surface area contributed by atoms with E-state index in [4.69, 9.17) is 14.9 Å². The Kier molecular flexibility index (Phi) is 7.40. The number of benzene rings is 1. The van der Waals surface area contributed by atoms with Crippen LogP contribution in [0.1, 0.15) is 19.4 Å². The summed E-state index contributed by atoms with van der Waals surface area (Å²) >= 11 is 0. The molecule has 6 heteroatoms. The highest BCUT2D eigenvalue weighted by atomic mass is 16.5. The third-order valence-electron chi connectivity index (χ3n) is 4.10. The third kappa shape index (κ3) is 5.28. The van der Waals surface area contributed by atoms with Crippen LogP contribution in [0.15, 0.2) is 23.2 Å². The van der Waals surface area contributed by atoms with E-state index in [1.54, 1.807) is 7.11 Å². The predicted octanol–water partition coefficient (Wildman–Crippen LogP) is 2.21. The smallest absolute Gasteiger partial charge is 0.121 e. The molecule has 0 saturated heterocycles. The summed E-state index contributed by atoms with van der Waals surface area (Å²) in [5.74, 6) is 0.848. The lowest BCUT2D eigenvalue weighted by atomic mass is 9.90. The van der Waals surface area contributed by atoms with Crippen LogP contribution in [0.25, 0.3) is 0 Å². The summed E-state index contributed by atoms with van der Waals surface area (Å²) in [6, 6.07) is 6.00. The van der Waals surface area contributed by atoms with E-state index >= 15 is 0 Å². The van der Waals surface area contributed by atoms with E-state index in [0.29, 0.717) is 18.9 Å². The quantitative estimate of drug-likeness (QED) is 0.531. The summed E-state index contributed by atoms with van der Waals surface area (Å²) in [7, 11) is 3.62. The fraction of sp³-hybridized carbons (Fsp3) is 0.579. The Labute approximate surface area is 150 Å². The average molecular weight is 346 g/mol. The SMILES string of the molecule is CNCCN1CC(C=NCCOC)C(=N)c2ccc(OC(C)C)cc21. The predicted molar refractivity (Wildman–Crippen MR) is 104 cm³/mol. The van der Waals surface area contributed by atoms with Gasteiger partial charge in [0.1, 0.15) is 5.75 Å². The summed E-state index contributed by atoms with van der Waals surface area (Å²) in [6.07, 6.45) is 2.03. The molecule has 25 heavy (non-hydrogen) atoms. The molecule has 0 saturated carbocycles. The van der Waals surface area contributed by atoms with Crippen molar-refractivity contribution in [2.45, 2.75) is 20.0 Å². The van der Waals surface area contributed by atoms with Crippen LogP contribution in [0.2, 0.25) is 0 Å². The molecule has 1 aromatic rings. The van der Waals surface area contributed by atoms with Crippen LogP contribution < -0.4 is 15.0 Å². The number of nitrogens with zero attached hydrogens (tertiary/aromatic N) is 2. The Morgan fingerprint density at radius 2 is 2.24 bits per heavy atom. The summed E-state index contributed by atoms with van der Waals surface area (Å²) in [5.41, 5.74) is 2.65. The number of anilines is 1. The molecule has 138 valence electrons. The van der Waals surface area contributed by atoms with Crippen molar-refractivity contribution in [3.8, 4) is 5.75 Å². The Balaban J connectivity index is 2.25. The number of ether oxygens (including phenoxy) is 2. The summed E-state index contributed by atoms with van der Waals surface area (Å²) < 4.78 is 10.9. The Bertz CT molecular complexity index is 601. The first-order valence-electron chi connectivity index (χ1n) is 8.84. The van der Waals surface area contributed by atoms with Crippen molar-refractivity contribution >= 4 is 17.6 Å². The second-order valence-electron chi connectivity index (χ2n) is 6.46. The molecule has 0 aromatic heterocycles. The maximum Gasteiger partial charge on any atom is 0.121 e. The monoisotopic (exact) mass is 346 g/mol. The van der Waals surface area contributed by atoms with Gasteiger partial charge in [-0.1, -0.05) is 0 Å². The standard InChI is InChI=1S/C19H30N4O2/c1-14(2)25-16-5-6-17-18(11-16)23(9-7-21-3)13-15(19(17)20)12-22-8-10-24-4/h5-6,11-12,14-15,20-21H,7-10,13H2,1-4H3. The molecule has 0 amide bonds. The lowest BCUT2D eigenvalue weighted by Gasteiger charge is -2.35. The fourth-order valence-electron chi connectivity index (χ4n) is 2.90. The molecule has 0 radical (unpaired) electrons. The average Bonchev–Trinajstić information content (AvgIpc) is 2.59. The summed E-state index contributed by atoms with van der Waals surface area (Å²) in [4.78, 5) is 6.73. The van der Waals surface area contributed by atoms with E-state index < -0.39 is 0 Å². The van der Waals surface area contributed by atoms with E-state index in [1.807, 2.05) is 39.2 Å². The first-order chi connectivity index (χ1) is 12.1. The number of fused-ring (bicyclic) bond motifs is 1. The van der Waals surface area contributed by atoms with Crippen LogP contribution in [0.4, 0.5) is 5.69 Å². The third-order valence-corrected chi connectivity index (χ3v) is 4.10. The fourth-order valence-corrected chi connectivity index (χ4v) is 2.90. The Morgan fingerprint density at radius 3 is 2.92 bits per heavy atom. The first-order valence-corrected chi connectivity index (χ1v) is 8.84. The first kappa shape index (κ1) is 19.4. The van der Waals surface area contributed by atoms with Gasteiger partial charge in [-0.15, -0.1) is 0 Å². The highest BCUT2D eigenvalue weighted by Crippen LogP contribution is 2.32. The molecule has 0 bridgehead atoms. The van der Waals surface area contributed by atoms with Crippen LogP contribution in [0, 0.1) is 11.3 Å². The van der Waals surface area contributed by atoms with Gasteiger partial charge < -0.3 is 25.1 Å². The van der Waals surface area contributed by atoms with Gasteiger partial charge >= 0.3 is 0 Å². The van der Waals surface area contributed by atoms with E-state index in [9.17, 15) is 0 Å². The summed E-state index contributed by atoms with van der Waals surface area (Å²) in [5, 5.41) is 11.8. The Morgan fingerprint density at radius 1 is 1.44 bits per heavy atom. The maximum absolute atomic E-state index is 8.58. The lowest BCUT2D eigenvalue weighted by molar-refractivity contribution is 0.208. The summed E-state index contributed by atoms with van der Waals surface area (Å²) in [6.45, 7) is 7.80. The zero-order chi connectivity index (χ0) is 18.2. The second kappa shape index (κ2) is 9.53. The van der Waals surface area contributed by atoms with E-state index in [1.165, 1.54) is 0 Å². The number of nitrogens with one attached hydrogen (secondary N) is 2. The number of aliphatic imine (C=N–C) groups is 1. The van der Waals surface area contributed by atoms with Gasteiger partial charge in [-0.25, -0.2) is 0 Å². The van der Waals surface area contributed by atoms with Crippen molar-refractivity contribution in [3.63, 3.8) is 0 Å². The molecule has 1 aliphatic rings. The molecule has 2 N–H and O–H groups in total.